The van der Waals surface area contributed by atoms with Gasteiger partial charge in [0.2, 0.25) is 0 Å². The van der Waals surface area contributed by atoms with Gasteiger partial charge in [0.05, 0.1) is 5.89 Å². The van der Waals surface area contributed by atoms with E-state index in [1.54, 1.807) is 0 Å². The van der Waals surface area contributed by atoms with Crippen molar-refractivity contribution in [1.82, 2.24) is 0 Å². The summed E-state index contributed by atoms with van der Waals surface area (Å²) in [5, 5.41) is 9.15. The van der Waals surface area contributed by atoms with Gasteiger partial charge in [-0.3, -0.25) is 9.59 Å². The van der Waals surface area contributed by atoms with Crippen molar-refractivity contribution in [1.29, 1.82) is 0 Å². The van der Waals surface area contributed by atoms with Gasteiger partial charge in [0, 0.05) is 24.1 Å². The monoisotopic (exact) mass is 242 g/mol. The lowest BCUT2D eigenvalue weighted by Gasteiger charge is -2.07. The highest BCUT2D eigenvalue weighted by Crippen LogP contribution is 2.20. The van der Waals surface area contributed by atoms with Gasteiger partial charge in [-0.05, 0) is 18.2 Å². The van der Waals surface area contributed by atoms with Crippen LogP contribution in [0.2, 0.25) is 5.02 Å². The molecule has 0 bridgehead atoms. The number of aliphatic carboxylic acids is 1. The van der Waals surface area contributed by atoms with Crippen molar-refractivity contribution >= 4 is 29.0 Å². The highest BCUT2D eigenvalue weighted by Gasteiger charge is 2.18. The molecule has 0 saturated carbocycles. The summed E-state index contributed by atoms with van der Waals surface area (Å²) in [6.45, 7) is 1.17. The number of Topliss-reactive ketones (excluding diaryl/α,β-unsaturated/α-hetero) is 1. The lowest BCUT2D eigenvalue weighted by Crippen LogP contribution is -2.15. The largest absolute Gasteiger partial charge is 0.481 e. The Hall–Kier alpha value is -1.55. The Kier molecular flexibility index (Phi) is 3.41. The lowest BCUT2D eigenvalue weighted by molar-refractivity contribution is -0.141. The Morgan fingerprint density at radius 2 is 2.25 bits per heavy atom. The molecule has 1 rings (SSSR count). The van der Waals surface area contributed by atoms with Crippen LogP contribution >= 0.6 is 11.6 Å². The number of carboxylic acid groups (broad SMARTS) is 1. The first-order chi connectivity index (χ1) is 7.74. The van der Waals surface area contributed by atoms with Gasteiger partial charge in [0.1, 0.15) is 0 Å². The van der Waals surface area contributed by atoms with E-state index in [9.17, 15) is 9.59 Å². The van der Waals surface area contributed by atoms with Gasteiger partial charge in [-0.15, -0.1) is 0 Å². The fourth-order valence-electron chi connectivity index (χ4n) is 1.20. The lowest BCUT2D eigenvalue weighted by atomic mass is 9.99. The quantitative estimate of drug-likeness (QED) is 0.627. The van der Waals surface area contributed by atoms with Gasteiger partial charge in [0.15, 0.2) is 5.78 Å². The van der Waals surface area contributed by atoms with Crippen molar-refractivity contribution in [3.63, 3.8) is 0 Å². The molecular formula is C11H12ClNO3. The minimum Gasteiger partial charge on any atom is -0.481 e. The number of nitrogens with two attached hydrogens (primary N) is 1. The number of nitrogen functional groups attached to an aromatic ring is 1. The number of hydrogen-bond acceptors (Lipinski definition) is 3. The molecule has 16 heavy (non-hydrogen) atoms. The molecule has 3 N–H and O–H groups in total. The molecule has 1 aromatic carbocycles. The van der Waals surface area contributed by atoms with Crippen molar-refractivity contribution in [3.8, 4) is 0 Å². The normalized spacial score (nSPS) is 15.0. The molecule has 1 aromatic rings. The molecule has 86 valence electrons. The molecule has 5 heteroatoms. The van der Waals surface area contributed by atoms with Gasteiger partial charge in [-0.25, -0.2) is 0 Å². The highest BCUT2D eigenvalue weighted by atomic mass is 35.5. The predicted octanol–water partition coefficient (Wildman–Crippen LogP) is 2.22. The van der Waals surface area contributed by atoms with E-state index in [0.29, 0.717) is 5.02 Å². The SMILES string of the molecule is [2H][C@](C)(CC(=O)c1ccc(Cl)cc1N)C(=O)O. The van der Waals surface area contributed by atoms with Crippen molar-refractivity contribution in [3.05, 3.63) is 28.8 Å². The summed E-state index contributed by atoms with van der Waals surface area (Å²) < 4.78 is 7.49. The minimum atomic E-state index is -1.86. The number of hydrogen-bond donors (Lipinski definition) is 2. The second-order valence-corrected chi connectivity index (χ2v) is 3.85. The summed E-state index contributed by atoms with van der Waals surface area (Å²) in [7, 11) is 0. The Labute approximate surface area is 99.4 Å². The van der Waals surface area contributed by atoms with Gasteiger partial charge in [0.25, 0.3) is 0 Å². The summed E-state index contributed by atoms with van der Waals surface area (Å²) in [4.78, 5) is 22.5. The van der Waals surface area contributed by atoms with Crippen LogP contribution in [-0.4, -0.2) is 16.9 Å². The van der Waals surface area contributed by atoms with Crippen molar-refractivity contribution in [2.45, 2.75) is 13.3 Å². The third-order valence-corrected chi connectivity index (χ3v) is 2.34. The zero-order valence-corrected chi connectivity index (χ0v) is 9.41. The maximum absolute atomic E-state index is 11.8. The average Bonchev–Trinajstić information content (AvgIpc) is 2.15. The van der Waals surface area contributed by atoms with Crippen molar-refractivity contribution in [2.24, 2.45) is 5.89 Å². The molecule has 0 fully saturated rings. The van der Waals surface area contributed by atoms with E-state index in [1.807, 2.05) is 0 Å². The molecule has 1 atom stereocenters. The average molecular weight is 243 g/mol. The number of carbonyl (C=O) groups excluding carboxylic acids is 1. The van der Waals surface area contributed by atoms with Crippen molar-refractivity contribution in [2.75, 3.05) is 5.73 Å². The van der Waals surface area contributed by atoms with Crippen LogP contribution in [0.15, 0.2) is 18.2 Å². The second kappa shape index (κ2) is 4.99. The van der Waals surface area contributed by atoms with Crippen LogP contribution in [0.25, 0.3) is 0 Å². The number of halogens is 1. The molecule has 0 radical (unpaired) electrons. The molecule has 0 unspecified atom stereocenters. The van der Waals surface area contributed by atoms with Crippen molar-refractivity contribution < 1.29 is 16.1 Å². The molecule has 0 aliphatic rings. The van der Waals surface area contributed by atoms with E-state index in [4.69, 9.17) is 23.8 Å². The van der Waals surface area contributed by atoms with Gasteiger partial charge < -0.3 is 10.8 Å². The Morgan fingerprint density at radius 1 is 1.62 bits per heavy atom. The van der Waals surface area contributed by atoms with E-state index in [-0.39, 0.29) is 11.3 Å². The maximum atomic E-state index is 11.8. The summed E-state index contributed by atoms with van der Waals surface area (Å²) in [6, 6.07) is 4.34. The highest BCUT2D eigenvalue weighted by molar-refractivity contribution is 6.31. The zero-order valence-electron chi connectivity index (χ0n) is 9.66. The topological polar surface area (TPSA) is 80.4 Å². The summed E-state index contributed by atoms with van der Waals surface area (Å²) in [5.41, 5.74) is 5.98. The maximum Gasteiger partial charge on any atom is 0.306 e. The van der Waals surface area contributed by atoms with Crippen LogP contribution in [0.4, 0.5) is 5.69 Å². The van der Waals surface area contributed by atoms with Gasteiger partial charge in [-0.1, -0.05) is 18.5 Å². The number of carbonyl (C=O) groups is 2. The molecule has 0 aliphatic heterocycles. The Balaban J connectivity index is 2.95. The molecule has 0 saturated heterocycles. The molecular weight excluding hydrogens is 230 g/mol. The molecule has 0 amide bonds. The Bertz CT molecular complexity index is 474. The minimum absolute atomic E-state index is 0.184. The number of anilines is 1. The number of ketones is 1. The smallest absolute Gasteiger partial charge is 0.306 e. The number of rotatable bonds is 4. The third kappa shape index (κ3) is 2.97. The first-order valence-electron chi connectivity index (χ1n) is 5.05. The third-order valence-electron chi connectivity index (χ3n) is 2.10. The standard InChI is InChI=1S/C11H12ClNO3/c1-6(11(15)16)4-10(14)8-3-2-7(12)5-9(8)13/h2-3,5-6H,4,13H2,1H3,(H,15,16)/t6-/m0/s1/i6D. The van der Waals surface area contributed by atoms with Crippen LogP contribution in [-0.2, 0) is 4.79 Å². The summed E-state index contributed by atoms with van der Waals surface area (Å²) in [6.07, 6.45) is -0.436. The first kappa shape index (κ1) is 11.0. The molecule has 0 heterocycles. The van der Waals surface area contributed by atoms with Gasteiger partial charge in [-0.2, -0.15) is 0 Å². The van der Waals surface area contributed by atoms with Crippen LogP contribution in [0.3, 0.4) is 0 Å². The first-order valence-corrected chi connectivity index (χ1v) is 4.93. The zero-order chi connectivity index (χ0) is 13.2. The molecule has 0 spiro atoms. The second-order valence-electron chi connectivity index (χ2n) is 3.42. The van der Waals surface area contributed by atoms with Gasteiger partial charge >= 0.3 is 5.97 Å². The summed E-state index contributed by atoms with van der Waals surface area (Å²) in [5.74, 6) is -3.69. The van der Waals surface area contributed by atoms with E-state index in [2.05, 4.69) is 0 Å². The van der Waals surface area contributed by atoms with E-state index in [1.165, 1.54) is 25.1 Å². The molecule has 0 aromatic heterocycles. The Morgan fingerprint density at radius 3 is 2.75 bits per heavy atom. The molecule has 4 nitrogen and oxygen atoms in total. The van der Waals surface area contributed by atoms with Crippen LogP contribution in [0, 0.1) is 5.89 Å². The fourth-order valence-corrected chi connectivity index (χ4v) is 1.38. The van der Waals surface area contributed by atoms with Crippen LogP contribution < -0.4 is 5.73 Å². The summed E-state index contributed by atoms with van der Waals surface area (Å²) >= 11 is 5.68. The molecule has 0 aliphatic carbocycles. The van der Waals surface area contributed by atoms with Crippen LogP contribution in [0.5, 0.6) is 0 Å². The van der Waals surface area contributed by atoms with E-state index in [0.717, 1.165) is 0 Å². The predicted molar refractivity (Wildman–Crippen MR) is 61.6 cm³/mol. The fraction of sp³-hybridized carbons (Fsp3) is 0.273. The number of carboxylic acids is 1. The number of benzene rings is 1. The van der Waals surface area contributed by atoms with E-state index >= 15 is 0 Å². The van der Waals surface area contributed by atoms with Crippen LogP contribution in [0.1, 0.15) is 25.1 Å². The van der Waals surface area contributed by atoms with E-state index < -0.39 is 24.1 Å².